The summed E-state index contributed by atoms with van der Waals surface area (Å²) in [6, 6.07) is 0. The van der Waals surface area contributed by atoms with Crippen LogP contribution in [0.25, 0.3) is 10.2 Å². The second-order valence-electron chi connectivity index (χ2n) is 8.17. The molecule has 2 aromatic rings. The Kier molecular flexibility index (Phi) is 5.18. The molecule has 0 bridgehead atoms. The Morgan fingerprint density at radius 1 is 1.44 bits per heavy atom. The highest BCUT2D eigenvalue weighted by Crippen LogP contribution is 2.42. The third-order valence-electron chi connectivity index (χ3n) is 5.06. The van der Waals surface area contributed by atoms with Gasteiger partial charge in [0.25, 0.3) is 5.56 Å². The number of thiophene rings is 1. The van der Waals surface area contributed by atoms with Gasteiger partial charge in [0.05, 0.1) is 5.39 Å². The van der Waals surface area contributed by atoms with Crippen LogP contribution in [0.5, 0.6) is 0 Å². The number of thioether (sulfide) groups is 1. The first-order valence-electron chi connectivity index (χ1n) is 9.04. The summed E-state index contributed by atoms with van der Waals surface area (Å²) in [6.45, 7) is 15.6. The minimum Gasteiger partial charge on any atom is -0.283 e. The fraction of sp³-hybridized carbons (Fsp3) is 0.600. The van der Waals surface area contributed by atoms with Gasteiger partial charge in [0.15, 0.2) is 5.16 Å². The first-order valence-corrected chi connectivity index (χ1v) is 10.8. The highest BCUT2D eigenvalue weighted by atomic mass is 32.2. The van der Waals surface area contributed by atoms with Crippen LogP contribution in [0, 0.1) is 11.3 Å². The molecule has 2 heterocycles. The SMILES string of the molecule is C=C(C)Cn1c(SCC)nc2sc3c(c2c1=O)CC[C@@H](C(C)(C)C)C3. The number of aryl methyl sites for hydroxylation is 1. The van der Waals surface area contributed by atoms with Crippen LogP contribution >= 0.6 is 23.1 Å². The van der Waals surface area contributed by atoms with Gasteiger partial charge < -0.3 is 0 Å². The van der Waals surface area contributed by atoms with Crippen molar-refractivity contribution >= 4 is 33.3 Å². The van der Waals surface area contributed by atoms with Crippen LogP contribution in [-0.4, -0.2) is 15.3 Å². The van der Waals surface area contributed by atoms with Gasteiger partial charge in [-0.1, -0.05) is 51.6 Å². The Hall–Kier alpha value is -1.07. The summed E-state index contributed by atoms with van der Waals surface area (Å²) in [5.41, 5.74) is 2.68. The van der Waals surface area contributed by atoms with Gasteiger partial charge in [-0.05, 0) is 48.8 Å². The summed E-state index contributed by atoms with van der Waals surface area (Å²) < 4.78 is 1.82. The van der Waals surface area contributed by atoms with E-state index in [0.717, 1.165) is 46.0 Å². The molecule has 136 valence electrons. The summed E-state index contributed by atoms with van der Waals surface area (Å²) in [6.07, 6.45) is 3.24. The minimum absolute atomic E-state index is 0.121. The summed E-state index contributed by atoms with van der Waals surface area (Å²) in [7, 11) is 0. The zero-order chi connectivity index (χ0) is 18.4. The Balaban J connectivity index is 2.15. The van der Waals surface area contributed by atoms with E-state index in [1.54, 1.807) is 23.1 Å². The molecule has 2 aromatic heterocycles. The van der Waals surface area contributed by atoms with Gasteiger partial charge in [-0.25, -0.2) is 4.98 Å². The number of hydrogen-bond acceptors (Lipinski definition) is 4. The summed E-state index contributed by atoms with van der Waals surface area (Å²) in [4.78, 5) is 20.4. The molecular weight excluding hydrogens is 348 g/mol. The van der Waals surface area contributed by atoms with Crippen molar-refractivity contribution in [2.45, 2.75) is 65.6 Å². The Labute approximate surface area is 158 Å². The maximum Gasteiger partial charge on any atom is 0.263 e. The second kappa shape index (κ2) is 6.92. The molecule has 0 N–H and O–H groups in total. The fourth-order valence-corrected chi connectivity index (χ4v) is 5.69. The number of aromatic nitrogens is 2. The number of allylic oxidation sites excluding steroid dienone is 1. The Morgan fingerprint density at radius 2 is 2.16 bits per heavy atom. The third kappa shape index (κ3) is 3.59. The lowest BCUT2D eigenvalue weighted by Gasteiger charge is -2.33. The third-order valence-corrected chi connectivity index (χ3v) is 7.07. The monoisotopic (exact) mass is 376 g/mol. The topological polar surface area (TPSA) is 34.9 Å². The molecule has 0 aromatic carbocycles. The van der Waals surface area contributed by atoms with Gasteiger partial charge in [0.2, 0.25) is 0 Å². The molecule has 3 nitrogen and oxygen atoms in total. The van der Waals surface area contributed by atoms with Gasteiger partial charge in [0.1, 0.15) is 4.83 Å². The number of fused-ring (bicyclic) bond motifs is 3. The Morgan fingerprint density at radius 3 is 2.76 bits per heavy atom. The fourth-order valence-electron chi connectivity index (χ4n) is 3.63. The smallest absolute Gasteiger partial charge is 0.263 e. The number of hydrogen-bond donors (Lipinski definition) is 0. The second-order valence-corrected chi connectivity index (χ2v) is 10.5. The van der Waals surface area contributed by atoms with Crippen LogP contribution in [-0.2, 0) is 19.4 Å². The molecule has 0 saturated heterocycles. The molecule has 0 saturated carbocycles. The van der Waals surface area contributed by atoms with Crippen molar-refractivity contribution in [3.8, 4) is 0 Å². The largest absolute Gasteiger partial charge is 0.283 e. The van der Waals surface area contributed by atoms with Gasteiger partial charge in [-0.3, -0.25) is 9.36 Å². The van der Waals surface area contributed by atoms with Crippen LogP contribution in [0.4, 0.5) is 0 Å². The Bertz CT molecular complexity index is 870. The first-order chi connectivity index (χ1) is 11.7. The highest BCUT2D eigenvalue weighted by molar-refractivity contribution is 7.99. The quantitative estimate of drug-likeness (QED) is 0.413. The molecule has 0 unspecified atom stereocenters. The van der Waals surface area contributed by atoms with Crippen LogP contribution in [0.1, 0.15) is 51.5 Å². The average Bonchev–Trinajstić information content (AvgIpc) is 2.87. The van der Waals surface area contributed by atoms with E-state index in [1.807, 2.05) is 11.5 Å². The predicted octanol–water partition coefficient (Wildman–Crippen LogP) is 5.30. The lowest BCUT2D eigenvalue weighted by Crippen LogP contribution is -2.27. The van der Waals surface area contributed by atoms with Crippen LogP contribution in [0.2, 0.25) is 0 Å². The van der Waals surface area contributed by atoms with Crippen LogP contribution in [0.3, 0.4) is 0 Å². The molecule has 5 heteroatoms. The summed E-state index contributed by atoms with van der Waals surface area (Å²) in [5, 5.41) is 1.70. The summed E-state index contributed by atoms with van der Waals surface area (Å²) >= 11 is 3.38. The van der Waals surface area contributed by atoms with Gasteiger partial charge in [0, 0.05) is 11.4 Å². The van der Waals surface area contributed by atoms with Crippen molar-refractivity contribution in [3.05, 3.63) is 32.9 Å². The molecule has 3 rings (SSSR count). The van der Waals surface area contributed by atoms with E-state index < -0.39 is 0 Å². The number of rotatable bonds is 4. The van der Waals surface area contributed by atoms with E-state index in [-0.39, 0.29) is 5.56 Å². The maximum absolute atomic E-state index is 13.2. The van der Waals surface area contributed by atoms with Crippen molar-refractivity contribution in [1.29, 1.82) is 0 Å². The lowest BCUT2D eigenvalue weighted by molar-refractivity contribution is 0.218. The molecule has 0 radical (unpaired) electrons. The van der Waals surface area contributed by atoms with Crippen molar-refractivity contribution in [3.63, 3.8) is 0 Å². The normalized spacial score (nSPS) is 17.7. The van der Waals surface area contributed by atoms with Gasteiger partial charge in [-0.2, -0.15) is 0 Å². The standard InChI is InChI=1S/C20H28N2OS2/c1-7-24-19-21-17-16(18(23)22(19)11-12(2)3)14-9-8-13(20(4,5)6)10-15(14)25-17/h13H,2,7-11H2,1,3-6H3/t13-/m1/s1. The van der Waals surface area contributed by atoms with Crippen molar-refractivity contribution < 1.29 is 0 Å². The average molecular weight is 377 g/mol. The minimum atomic E-state index is 0.121. The van der Waals surface area contributed by atoms with Gasteiger partial charge in [-0.15, -0.1) is 11.3 Å². The molecule has 0 spiro atoms. The molecule has 1 atom stereocenters. The van der Waals surface area contributed by atoms with Crippen molar-refractivity contribution in [2.24, 2.45) is 11.3 Å². The van der Waals surface area contributed by atoms with E-state index in [4.69, 9.17) is 4.98 Å². The van der Waals surface area contributed by atoms with E-state index in [0.29, 0.717) is 17.9 Å². The lowest BCUT2D eigenvalue weighted by atomic mass is 9.72. The van der Waals surface area contributed by atoms with E-state index in [9.17, 15) is 4.79 Å². The van der Waals surface area contributed by atoms with E-state index >= 15 is 0 Å². The molecule has 1 aliphatic rings. The predicted molar refractivity (Wildman–Crippen MR) is 110 cm³/mol. The van der Waals surface area contributed by atoms with Crippen molar-refractivity contribution in [1.82, 2.24) is 9.55 Å². The molecule has 0 amide bonds. The molecule has 0 fully saturated rings. The molecule has 0 aliphatic heterocycles. The van der Waals surface area contributed by atoms with Crippen molar-refractivity contribution in [2.75, 3.05) is 5.75 Å². The van der Waals surface area contributed by atoms with Gasteiger partial charge >= 0.3 is 0 Å². The van der Waals surface area contributed by atoms with Crippen LogP contribution < -0.4 is 5.56 Å². The summed E-state index contributed by atoms with van der Waals surface area (Å²) in [5.74, 6) is 1.58. The molecular formula is C20H28N2OS2. The number of nitrogens with zero attached hydrogens (tertiary/aromatic N) is 2. The zero-order valence-corrected chi connectivity index (χ0v) is 17.6. The highest BCUT2D eigenvalue weighted by Gasteiger charge is 2.32. The van der Waals surface area contributed by atoms with E-state index in [2.05, 4.69) is 34.3 Å². The van der Waals surface area contributed by atoms with Crippen LogP contribution in [0.15, 0.2) is 22.1 Å². The maximum atomic E-state index is 13.2. The van der Waals surface area contributed by atoms with E-state index in [1.165, 1.54) is 10.4 Å². The zero-order valence-electron chi connectivity index (χ0n) is 15.9. The molecule has 25 heavy (non-hydrogen) atoms. The molecule has 1 aliphatic carbocycles. The first kappa shape index (κ1) is 18.7.